The fraction of sp³-hybridized carbons (Fsp3) is 0.462. The highest BCUT2D eigenvalue weighted by molar-refractivity contribution is 7.91. The molecular formula is C13H16N2O2S. The van der Waals surface area contributed by atoms with Gasteiger partial charge in [0, 0.05) is 12.2 Å². The third-order valence-electron chi connectivity index (χ3n) is 3.27. The summed E-state index contributed by atoms with van der Waals surface area (Å²) in [6.07, 6.45) is 0.741. The van der Waals surface area contributed by atoms with Gasteiger partial charge in [-0.3, -0.25) is 0 Å². The van der Waals surface area contributed by atoms with Crippen LogP contribution in [-0.2, 0) is 9.84 Å². The number of hydrogen-bond donors (Lipinski definition) is 1. The molecule has 1 unspecified atom stereocenters. The molecule has 1 atom stereocenters. The van der Waals surface area contributed by atoms with E-state index in [1.165, 1.54) is 0 Å². The second-order valence-electron chi connectivity index (χ2n) is 4.79. The number of aryl methyl sites for hydroxylation is 1. The minimum absolute atomic E-state index is 0.200. The van der Waals surface area contributed by atoms with Crippen LogP contribution in [0.4, 0.5) is 5.69 Å². The lowest BCUT2D eigenvalue weighted by molar-refractivity contribution is 0.596. The lowest BCUT2D eigenvalue weighted by atomic mass is 10.1. The van der Waals surface area contributed by atoms with Gasteiger partial charge in [-0.05, 0) is 43.0 Å². The Bertz CT molecular complexity index is 587. The third-order valence-corrected chi connectivity index (χ3v) is 5.11. The summed E-state index contributed by atoms with van der Waals surface area (Å²) in [6, 6.07) is 7.68. The summed E-state index contributed by atoms with van der Waals surface area (Å²) in [7, 11) is -2.80. The van der Waals surface area contributed by atoms with E-state index < -0.39 is 9.84 Å². The molecule has 0 aromatic heterocycles. The minimum Gasteiger partial charge on any atom is -0.385 e. The van der Waals surface area contributed by atoms with Gasteiger partial charge in [-0.2, -0.15) is 5.26 Å². The second-order valence-corrected chi connectivity index (χ2v) is 7.02. The maximum absolute atomic E-state index is 11.3. The van der Waals surface area contributed by atoms with Gasteiger partial charge in [-0.1, -0.05) is 0 Å². The Kier molecular flexibility index (Phi) is 3.58. The molecule has 1 aliphatic rings. The van der Waals surface area contributed by atoms with Gasteiger partial charge in [0.2, 0.25) is 0 Å². The van der Waals surface area contributed by atoms with Crippen LogP contribution in [0.1, 0.15) is 17.5 Å². The van der Waals surface area contributed by atoms with Crippen molar-refractivity contribution in [2.75, 3.05) is 23.4 Å². The zero-order chi connectivity index (χ0) is 13.2. The average molecular weight is 264 g/mol. The van der Waals surface area contributed by atoms with E-state index in [1.54, 1.807) is 6.07 Å². The van der Waals surface area contributed by atoms with Gasteiger partial charge in [0.05, 0.1) is 23.1 Å². The number of anilines is 1. The Morgan fingerprint density at radius 1 is 1.50 bits per heavy atom. The summed E-state index contributed by atoms with van der Waals surface area (Å²) < 4.78 is 22.7. The second kappa shape index (κ2) is 4.99. The van der Waals surface area contributed by atoms with Crippen molar-refractivity contribution in [2.45, 2.75) is 13.3 Å². The Balaban J connectivity index is 1.95. The van der Waals surface area contributed by atoms with Crippen LogP contribution in [0.25, 0.3) is 0 Å². The molecule has 18 heavy (non-hydrogen) atoms. The van der Waals surface area contributed by atoms with Crippen LogP contribution in [0.5, 0.6) is 0 Å². The van der Waals surface area contributed by atoms with Gasteiger partial charge in [-0.15, -0.1) is 0 Å². The molecule has 2 rings (SSSR count). The molecule has 1 saturated heterocycles. The van der Waals surface area contributed by atoms with Crippen LogP contribution in [0, 0.1) is 24.2 Å². The number of nitrogens with one attached hydrogen (secondary N) is 1. The summed E-state index contributed by atoms with van der Waals surface area (Å²) in [4.78, 5) is 0. The molecule has 5 heteroatoms. The summed E-state index contributed by atoms with van der Waals surface area (Å²) in [5, 5.41) is 12.1. The first-order chi connectivity index (χ1) is 8.50. The molecule has 1 aromatic carbocycles. The summed E-state index contributed by atoms with van der Waals surface area (Å²) in [5.41, 5.74) is 2.54. The first kappa shape index (κ1) is 12.9. The standard InChI is InChI=1S/C13H16N2O2S/c1-10-6-13(3-2-12(10)7-14)15-8-11-4-5-18(16,17)9-11/h2-3,6,11,15H,4-5,8-9H2,1H3. The number of nitriles is 1. The van der Waals surface area contributed by atoms with Crippen LogP contribution in [0.15, 0.2) is 18.2 Å². The Morgan fingerprint density at radius 3 is 2.83 bits per heavy atom. The number of benzene rings is 1. The van der Waals surface area contributed by atoms with E-state index in [4.69, 9.17) is 5.26 Å². The van der Waals surface area contributed by atoms with Gasteiger partial charge < -0.3 is 5.32 Å². The Labute approximate surface area is 108 Å². The molecule has 1 fully saturated rings. The van der Waals surface area contributed by atoms with Crippen molar-refractivity contribution in [1.29, 1.82) is 5.26 Å². The van der Waals surface area contributed by atoms with Crippen molar-refractivity contribution in [3.8, 4) is 6.07 Å². The molecule has 4 nitrogen and oxygen atoms in total. The van der Waals surface area contributed by atoms with Crippen molar-refractivity contribution in [1.82, 2.24) is 0 Å². The Hall–Kier alpha value is -1.54. The normalized spacial score (nSPS) is 21.4. The fourth-order valence-corrected chi connectivity index (χ4v) is 4.06. The largest absolute Gasteiger partial charge is 0.385 e. The molecule has 1 aliphatic heterocycles. The predicted octanol–water partition coefficient (Wildman–Crippen LogP) is 1.71. The Morgan fingerprint density at radius 2 is 2.28 bits per heavy atom. The van der Waals surface area contributed by atoms with Crippen molar-refractivity contribution >= 4 is 15.5 Å². The van der Waals surface area contributed by atoms with Crippen LogP contribution in [0.3, 0.4) is 0 Å². The van der Waals surface area contributed by atoms with Crippen LogP contribution in [0.2, 0.25) is 0 Å². The van der Waals surface area contributed by atoms with Gasteiger partial charge in [0.1, 0.15) is 0 Å². The summed E-state index contributed by atoms with van der Waals surface area (Å²) in [5.74, 6) is 0.798. The highest BCUT2D eigenvalue weighted by atomic mass is 32.2. The van der Waals surface area contributed by atoms with Crippen molar-refractivity contribution in [3.05, 3.63) is 29.3 Å². The maximum atomic E-state index is 11.3. The van der Waals surface area contributed by atoms with Crippen LogP contribution in [-0.4, -0.2) is 26.5 Å². The molecule has 1 aromatic rings. The quantitative estimate of drug-likeness (QED) is 0.902. The van der Waals surface area contributed by atoms with Gasteiger partial charge in [0.15, 0.2) is 9.84 Å². The van der Waals surface area contributed by atoms with Crippen molar-refractivity contribution in [2.24, 2.45) is 5.92 Å². The van der Waals surface area contributed by atoms with E-state index in [9.17, 15) is 8.42 Å². The molecule has 1 heterocycles. The van der Waals surface area contributed by atoms with Crippen LogP contribution >= 0.6 is 0 Å². The lowest BCUT2D eigenvalue weighted by Gasteiger charge is -2.11. The molecule has 96 valence electrons. The fourth-order valence-electron chi connectivity index (χ4n) is 2.19. The van der Waals surface area contributed by atoms with E-state index in [2.05, 4.69) is 11.4 Å². The smallest absolute Gasteiger partial charge is 0.150 e. The average Bonchev–Trinajstić information content (AvgIpc) is 2.66. The first-order valence-electron chi connectivity index (χ1n) is 5.95. The predicted molar refractivity (Wildman–Crippen MR) is 71.1 cm³/mol. The molecular weight excluding hydrogens is 248 g/mol. The number of rotatable bonds is 3. The zero-order valence-corrected chi connectivity index (χ0v) is 11.1. The molecule has 0 saturated carbocycles. The lowest BCUT2D eigenvalue weighted by Crippen LogP contribution is -2.15. The monoisotopic (exact) mass is 264 g/mol. The molecule has 0 spiro atoms. The van der Waals surface area contributed by atoms with Crippen LogP contribution < -0.4 is 5.32 Å². The van der Waals surface area contributed by atoms with E-state index >= 15 is 0 Å². The molecule has 1 N–H and O–H groups in total. The number of nitrogens with zero attached hydrogens (tertiary/aromatic N) is 1. The first-order valence-corrected chi connectivity index (χ1v) is 7.77. The molecule has 0 aliphatic carbocycles. The van der Waals surface area contributed by atoms with Gasteiger partial charge >= 0.3 is 0 Å². The molecule has 0 amide bonds. The zero-order valence-electron chi connectivity index (χ0n) is 10.3. The third kappa shape index (κ3) is 3.02. The minimum atomic E-state index is -2.80. The van der Waals surface area contributed by atoms with Gasteiger partial charge in [-0.25, -0.2) is 8.42 Å². The van der Waals surface area contributed by atoms with E-state index in [-0.39, 0.29) is 11.7 Å². The van der Waals surface area contributed by atoms with Crippen molar-refractivity contribution < 1.29 is 8.42 Å². The number of hydrogen-bond acceptors (Lipinski definition) is 4. The summed E-state index contributed by atoms with van der Waals surface area (Å²) in [6.45, 7) is 2.56. The summed E-state index contributed by atoms with van der Waals surface area (Å²) >= 11 is 0. The SMILES string of the molecule is Cc1cc(NCC2CCS(=O)(=O)C2)ccc1C#N. The maximum Gasteiger partial charge on any atom is 0.150 e. The highest BCUT2D eigenvalue weighted by Crippen LogP contribution is 2.20. The van der Waals surface area contributed by atoms with E-state index in [0.29, 0.717) is 17.9 Å². The number of sulfone groups is 1. The van der Waals surface area contributed by atoms with E-state index in [1.807, 2.05) is 19.1 Å². The topological polar surface area (TPSA) is 70.0 Å². The highest BCUT2D eigenvalue weighted by Gasteiger charge is 2.27. The van der Waals surface area contributed by atoms with Gasteiger partial charge in [0.25, 0.3) is 0 Å². The molecule has 0 bridgehead atoms. The van der Waals surface area contributed by atoms with E-state index in [0.717, 1.165) is 17.7 Å². The molecule has 0 radical (unpaired) electrons. The van der Waals surface area contributed by atoms with Crippen molar-refractivity contribution in [3.63, 3.8) is 0 Å².